The van der Waals surface area contributed by atoms with Gasteiger partial charge in [0, 0.05) is 13.0 Å². The predicted molar refractivity (Wildman–Crippen MR) is 63.4 cm³/mol. The van der Waals surface area contributed by atoms with Crippen LogP contribution in [0.15, 0.2) is 0 Å². The Bertz CT molecular complexity index is 315. The normalized spacial score (nSPS) is 25.1. The number of halogens is 3. The Kier molecular flexibility index (Phi) is 3.58. The number of nitrogens with two attached hydrogens (primary N) is 1. The molecule has 6 heteroatoms. The summed E-state index contributed by atoms with van der Waals surface area (Å²) in [7, 11) is 0. The summed E-state index contributed by atoms with van der Waals surface area (Å²) >= 11 is 0. The van der Waals surface area contributed by atoms with Gasteiger partial charge in [-0.15, -0.1) is 0 Å². The molecule has 0 aromatic carbocycles. The highest BCUT2D eigenvalue weighted by molar-refractivity contribution is 5.78. The van der Waals surface area contributed by atoms with Crippen molar-refractivity contribution in [3.63, 3.8) is 0 Å². The van der Waals surface area contributed by atoms with Gasteiger partial charge in [0.25, 0.3) is 0 Å². The van der Waals surface area contributed by atoms with E-state index in [0.717, 1.165) is 19.4 Å². The number of piperidine rings is 1. The summed E-state index contributed by atoms with van der Waals surface area (Å²) in [5.41, 5.74) is 5.51. The molecule has 0 atom stereocenters. The molecule has 2 aliphatic rings. The van der Waals surface area contributed by atoms with Crippen LogP contribution in [0.1, 0.15) is 32.1 Å². The summed E-state index contributed by atoms with van der Waals surface area (Å²) in [6.45, 7) is 1.84. The third-order valence-corrected chi connectivity index (χ3v) is 4.13. The molecule has 0 unspecified atom stereocenters. The number of rotatable bonds is 4. The van der Waals surface area contributed by atoms with E-state index in [2.05, 4.69) is 4.90 Å². The Morgan fingerprint density at radius 3 is 2.22 bits per heavy atom. The van der Waals surface area contributed by atoms with Gasteiger partial charge in [-0.05, 0) is 44.2 Å². The highest BCUT2D eigenvalue weighted by atomic mass is 19.4. The highest BCUT2D eigenvalue weighted by Gasteiger charge is 2.46. The second-order valence-electron chi connectivity index (χ2n) is 5.79. The Morgan fingerprint density at radius 2 is 1.83 bits per heavy atom. The number of amidine groups is 1. The minimum atomic E-state index is -4.04. The maximum atomic E-state index is 12.5. The van der Waals surface area contributed by atoms with Crippen LogP contribution in [-0.4, -0.2) is 36.5 Å². The molecule has 2 rings (SSSR count). The Balaban J connectivity index is 1.79. The van der Waals surface area contributed by atoms with Gasteiger partial charge in [-0.1, -0.05) is 0 Å². The first-order chi connectivity index (χ1) is 8.31. The highest BCUT2D eigenvalue weighted by Crippen LogP contribution is 2.49. The first kappa shape index (κ1) is 13.6. The van der Waals surface area contributed by atoms with Crippen LogP contribution in [-0.2, 0) is 0 Å². The zero-order valence-electron chi connectivity index (χ0n) is 10.4. The Morgan fingerprint density at radius 1 is 1.28 bits per heavy atom. The second-order valence-corrected chi connectivity index (χ2v) is 5.79. The summed E-state index contributed by atoms with van der Waals surface area (Å²) in [5.74, 6) is -0.936. The lowest BCUT2D eigenvalue weighted by Gasteiger charge is -2.35. The molecule has 1 saturated heterocycles. The first-order valence-electron chi connectivity index (χ1n) is 6.43. The van der Waals surface area contributed by atoms with E-state index >= 15 is 0 Å². The van der Waals surface area contributed by atoms with Crippen LogP contribution in [0.3, 0.4) is 0 Å². The topological polar surface area (TPSA) is 53.1 Å². The molecule has 104 valence electrons. The number of hydrogen-bond donors (Lipinski definition) is 2. The van der Waals surface area contributed by atoms with Gasteiger partial charge in [0.1, 0.15) is 0 Å². The maximum Gasteiger partial charge on any atom is 0.391 e. The molecule has 0 bridgehead atoms. The fourth-order valence-corrected chi connectivity index (χ4v) is 2.86. The molecule has 0 amide bonds. The minimum absolute atomic E-state index is 0.0941. The molecular weight excluding hydrogens is 243 g/mol. The lowest BCUT2D eigenvalue weighted by molar-refractivity contribution is -0.185. The van der Waals surface area contributed by atoms with Crippen molar-refractivity contribution in [1.29, 1.82) is 5.41 Å². The molecule has 3 N–H and O–H groups in total. The van der Waals surface area contributed by atoms with Crippen molar-refractivity contribution in [1.82, 2.24) is 4.90 Å². The first-order valence-corrected chi connectivity index (χ1v) is 6.43. The van der Waals surface area contributed by atoms with Gasteiger partial charge in [0.05, 0.1) is 11.8 Å². The lowest BCUT2D eigenvalue weighted by atomic mass is 9.94. The van der Waals surface area contributed by atoms with E-state index in [1.54, 1.807) is 0 Å². The van der Waals surface area contributed by atoms with Gasteiger partial charge in [-0.2, -0.15) is 13.2 Å². The van der Waals surface area contributed by atoms with Gasteiger partial charge in [-0.3, -0.25) is 5.41 Å². The average Bonchev–Trinajstić information content (AvgIpc) is 2.96. The van der Waals surface area contributed by atoms with Gasteiger partial charge in [0.2, 0.25) is 0 Å². The third kappa shape index (κ3) is 3.37. The summed E-state index contributed by atoms with van der Waals surface area (Å²) < 4.78 is 37.6. The molecule has 3 nitrogen and oxygen atoms in total. The van der Waals surface area contributed by atoms with Crippen molar-refractivity contribution in [3.8, 4) is 0 Å². The third-order valence-electron chi connectivity index (χ3n) is 4.13. The van der Waals surface area contributed by atoms with E-state index in [1.807, 2.05) is 0 Å². The second kappa shape index (κ2) is 4.72. The van der Waals surface area contributed by atoms with E-state index in [1.165, 1.54) is 0 Å². The molecule has 0 radical (unpaired) electrons. The molecule has 1 aliphatic heterocycles. The summed E-state index contributed by atoms with van der Waals surface area (Å²) in [6.07, 6.45) is -0.939. The number of nitrogens with one attached hydrogen (secondary N) is 1. The standard InChI is InChI=1S/C12H20F3N3/c13-12(14,15)9-1-5-18(6-2-9)8-11(3-4-11)7-10(16)17/h9H,1-8H2,(H3,16,17). The van der Waals surface area contributed by atoms with Crippen molar-refractivity contribution < 1.29 is 13.2 Å². The van der Waals surface area contributed by atoms with Crippen LogP contribution in [0.4, 0.5) is 13.2 Å². The van der Waals surface area contributed by atoms with Crippen LogP contribution in [0, 0.1) is 16.7 Å². The number of likely N-dealkylation sites (tertiary alicyclic amines) is 1. The smallest absolute Gasteiger partial charge is 0.388 e. The number of nitrogens with zero attached hydrogens (tertiary/aromatic N) is 1. The quantitative estimate of drug-likeness (QED) is 0.604. The van der Waals surface area contributed by atoms with Crippen molar-refractivity contribution in [3.05, 3.63) is 0 Å². The van der Waals surface area contributed by atoms with Gasteiger partial charge in [0.15, 0.2) is 0 Å². The van der Waals surface area contributed by atoms with Crippen LogP contribution in [0.25, 0.3) is 0 Å². The fraction of sp³-hybridized carbons (Fsp3) is 0.917. The largest absolute Gasteiger partial charge is 0.391 e. The summed E-state index contributed by atoms with van der Waals surface area (Å²) in [6, 6.07) is 0. The van der Waals surface area contributed by atoms with Crippen LogP contribution < -0.4 is 5.73 Å². The molecule has 0 aromatic rings. The van der Waals surface area contributed by atoms with Crippen LogP contribution in [0.5, 0.6) is 0 Å². The van der Waals surface area contributed by atoms with Crippen molar-refractivity contribution in [2.45, 2.75) is 38.3 Å². The molecule has 2 fully saturated rings. The fourth-order valence-electron chi connectivity index (χ4n) is 2.86. The monoisotopic (exact) mass is 263 g/mol. The van der Waals surface area contributed by atoms with Crippen molar-refractivity contribution in [2.75, 3.05) is 19.6 Å². The number of alkyl halides is 3. The summed E-state index contributed by atoms with van der Waals surface area (Å²) in [5, 5.41) is 7.33. The SMILES string of the molecule is N=C(N)CC1(CN2CCC(C(F)(F)F)CC2)CC1. The van der Waals surface area contributed by atoms with Gasteiger partial charge < -0.3 is 10.6 Å². The molecule has 18 heavy (non-hydrogen) atoms. The van der Waals surface area contributed by atoms with E-state index in [-0.39, 0.29) is 24.1 Å². The lowest BCUT2D eigenvalue weighted by Crippen LogP contribution is -2.42. The van der Waals surface area contributed by atoms with Crippen LogP contribution in [0.2, 0.25) is 0 Å². The molecule has 1 heterocycles. The van der Waals surface area contributed by atoms with E-state index in [0.29, 0.717) is 19.5 Å². The molecular formula is C12H20F3N3. The van der Waals surface area contributed by atoms with E-state index in [9.17, 15) is 13.2 Å². The molecule has 0 spiro atoms. The zero-order valence-corrected chi connectivity index (χ0v) is 10.4. The van der Waals surface area contributed by atoms with Gasteiger partial charge >= 0.3 is 6.18 Å². The van der Waals surface area contributed by atoms with E-state index < -0.39 is 12.1 Å². The molecule has 1 saturated carbocycles. The van der Waals surface area contributed by atoms with Crippen LogP contribution >= 0.6 is 0 Å². The molecule has 1 aliphatic carbocycles. The maximum absolute atomic E-state index is 12.5. The zero-order chi connectivity index (χ0) is 13.4. The van der Waals surface area contributed by atoms with Gasteiger partial charge in [-0.25, -0.2) is 0 Å². The Labute approximate surface area is 105 Å². The van der Waals surface area contributed by atoms with Crippen molar-refractivity contribution in [2.24, 2.45) is 17.1 Å². The molecule has 0 aromatic heterocycles. The Hall–Kier alpha value is -0.780. The van der Waals surface area contributed by atoms with Crippen molar-refractivity contribution >= 4 is 5.84 Å². The van der Waals surface area contributed by atoms with E-state index in [4.69, 9.17) is 11.1 Å². The minimum Gasteiger partial charge on any atom is -0.388 e. The predicted octanol–water partition coefficient (Wildman–Crippen LogP) is 2.37. The average molecular weight is 263 g/mol. The summed E-state index contributed by atoms with van der Waals surface area (Å²) in [4.78, 5) is 2.11. The number of hydrogen-bond acceptors (Lipinski definition) is 2.